The van der Waals surface area contributed by atoms with E-state index in [0.717, 1.165) is 0 Å². The van der Waals surface area contributed by atoms with Crippen LogP contribution in [0.15, 0.2) is 54.6 Å². The SMILES string of the molecule is b1ccccc1.c1cc[nH]c1. The summed E-state index contributed by atoms with van der Waals surface area (Å²) in [5.74, 6) is 4.00. The van der Waals surface area contributed by atoms with Crippen molar-refractivity contribution in [2.45, 2.75) is 0 Å². The van der Waals surface area contributed by atoms with Crippen LogP contribution in [-0.4, -0.2) is 11.9 Å². The summed E-state index contributed by atoms with van der Waals surface area (Å²) in [6.07, 6.45) is 3.75. The van der Waals surface area contributed by atoms with E-state index in [1.165, 1.54) is 0 Å². The first kappa shape index (κ1) is 7.80. The minimum absolute atomic E-state index is 1.88. The smallest absolute Gasteiger partial charge is 0.000496 e. The van der Waals surface area contributed by atoms with Crippen LogP contribution in [0.5, 0.6) is 0 Å². The average molecular weight is 143 g/mol. The molecule has 2 aromatic rings. The molecule has 1 N–H and O–H groups in total. The van der Waals surface area contributed by atoms with Crippen molar-refractivity contribution < 1.29 is 0 Å². The normalized spacial score (nSPS) is 7.64. The summed E-state index contributed by atoms with van der Waals surface area (Å²) < 4.78 is 0. The first-order valence-electron chi connectivity index (χ1n) is 3.58. The van der Waals surface area contributed by atoms with E-state index in [1.54, 1.807) is 0 Å². The molecule has 1 nitrogen and oxygen atoms in total. The molecule has 2 rings (SSSR count). The molecule has 0 bridgehead atoms. The molecule has 0 atom stereocenters. The van der Waals surface area contributed by atoms with Crippen LogP contribution in [0.4, 0.5) is 0 Å². The summed E-state index contributed by atoms with van der Waals surface area (Å²) >= 11 is 0. The molecule has 0 unspecified atom stereocenters. The van der Waals surface area contributed by atoms with Crippen molar-refractivity contribution >= 4 is 6.91 Å². The Balaban J connectivity index is 0.000000112. The Bertz CT molecular complexity index is 195. The molecule has 0 saturated carbocycles. The minimum Gasteiger partial charge on any atom is -0.368 e. The number of rotatable bonds is 0. The largest absolute Gasteiger partial charge is 0.368 e. The van der Waals surface area contributed by atoms with Gasteiger partial charge in [0.15, 0.2) is 0 Å². The predicted octanol–water partition coefficient (Wildman–Crippen LogP) is 2.04. The standard InChI is InChI=1S/C5H5B.C4H5N/c1-2-4-6-5-3-1;1-2-4-5-3-1/h1-5H;1-5H. The van der Waals surface area contributed by atoms with Crippen molar-refractivity contribution in [1.82, 2.24) is 4.98 Å². The second-order valence-corrected chi connectivity index (χ2v) is 2.04. The van der Waals surface area contributed by atoms with Gasteiger partial charge >= 0.3 is 37.0 Å². The summed E-state index contributed by atoms with van der Waals surface area (Å²) in [4.78, 5) is 2.86. The maximum atomic E-state index is 2.86. The Labute approximate surface area is 67.3 Å². The summed E-state index contributed by atoms with van der Waals surface area (Å²) in [5.41, 5.74) is 0. The zero-order chi connectivity index (χ0) is 7.78. The van der Waals surface area contributed by atoms with Crippen LogP contribution in [0.3, 0.4) is 0 Å². The Morgan fingerprint density at radius 3 is 1.55 bits per heavy atom. The molecule has 2 heterocycles. The zero-order valence-corrected chi connectivity index (χ0v) is 6.27. The molecule has 2 heteroatoms. The van der Waals surface area contributed by atoms with E-state index in [2.05, 4.69) is 4.98 Å². The second-order valence-electron chi connectivity index (χ2n) is 2.04. The summed E-state index contributed by atoms with van der Waals surface area (Å²) in [6.45, 7) is 2.00. The van der Waals surface area contributed by atoms with E-state index in [4.69, 9.17) is 0 Å². The molecule has 11 heavy (non-hydrogen) atoms. The van der Waals surface area contributed by atoms with Gasteiger partial charge in [0.25, 0.3) is 0 Å². The summed E-state index contributed by atoms with van der Waals surface area (Å²) in [6, 6.07) is 9.89. The molecule has 0 radical (unpaired) electrons. The van der Waals surface area contributed by atoms with E-state index >= 15 is 0 Å². The van der Waals surface area contributed by atoms with Crippen molar-refractivity contribution in [2.24, 2.45) is 0 Å². The maximum absolute atomic E-state index is 2.86. The van der Waals surface area contributed by atoms with Gasteiger partial charge in [0.2, 0.25) is 0 Å². The van der Waals surface area contributed by atoms with Gasteiger partial charge in [-0.05, 0) is 12.1 Å². The number of hydrogen-bond acceptors (Lipinski definition) is 0. The van der Waals surface area contributed by atoms with Gasteiger partial charge in [-0.3, -0.25) is 0 Å². The topological polar surface area (TPSA) is 15.8 Å². The molecular formula is C9H10BN. The van der Waals surface area contributed by atoms with Gasteiger partial charge in [0.1, 0.15) is 0 Å². The fraction of sp³-hybridized carbons (Fsp3) is 0. The van der Waals surface area contributed by atoms with Crippen molar-refractivity contribution in [1.29, 1.82) is 0 Å². The van der Waals surface area contributed by atoms with E-state index in [9.17, 15) is 0 Å². The molecule has 0 fully saturated rings. The van der Waals surface area contributed by atoms with E-state index in [0.29, 0.717) is 0 Å². The van der Waals surface area contributed by atoms with Crippen molar-refractivity contribution in [3.63, 3.8) is 0 Å². The molecule has 0 saturated heterocycles. The summed E-state index contributed by atoms with van der Waals surface area (Å²) in [5, 5.41) is 0. The predicted molar refractivity (Wildman–Crippen MR) is 48.6 cm³/mol. The third-order valence-corrected chi connectivity index (χ3v) is 1.16. The van der Waals surface area contributed by atoms with Crippen LogP contribution in [-0.2, 0) is 0 Å². The van der Waals surface area contributed by atoms with Crippen molar-refractivity contribution in [3.05, 3.63) is 54.6 Å². The van der Waals surface area contributed by atoms with Crippen LogP contribution in [0.1, 0.15) is 0 Å². The maximum Gasteiger partial charge on any atom is 0.000496 e. The number of aromatic amines is 1. The first-order chi connectivity index (χ1) is 5.50. The monoisotopic (exact) mass is 143 g/mol. The molecule has 0 amide bonds. The Hall–Kier alpha value is -1.31. The van der Waals surface area contributed by atoms with Crippen molar-refractivity contribution in [2.75, 3.05) is 0 Å². The van der Waals surface area contributed by atoms with Gasteiger partial charge < -0.3 is 4.98 Å². The van der Waals surface area contributed by atoms with Crippen LogP contribution < -0.4 is 0 Å². The van der Waals surface area contributed by atoms with Crippen LogP contribution in [0, 0.1) is 0 Å². The Morgan fingerprint density at radius 2 is 1.36 bits per heavy atom. The molecular weight excluding hydrogens is 133 g/mol. The molecule has 0 aliphatic heterocycles. The van der Waals surface area contributed by atoms with Crippen LogP contribution in [0.2, 0.25) is 0 Å². The third-order valence-electron chi connectivity index (χ3n) is 1.16. The quantitative estimate of drug-likeness (QED) is 0.580. The zero-order valence-electron chi connectivity index (χ0n) is 6.27. The van der Waals surface area contributed by atoms with Crippen molar-refractivity contribution in [3.8, 4) is 0 Å². The molecule has 54 valence electrons. The van der Waals surface area contributed by atoms with Gasteiger partial charge in [-0.1, -0.05) is 0 Å². The summed E-state index contributed by atoms with van der Waals surface area (Å²) in [7, 11) is 0. The molecule has 0 aromatic carbocycles. The van der Waals surface area contributed by atoms with E-state index in [-0.39, 0.29) is 0 Å². The number of aromatic nitrogens is 1. The van der Waals surface area contributed by atoms with Crippen LogP contribution in [0.25, 0.3) is 0 Å². The third kappa shape index (κ3) is 4.15. The fourth-order valence-corrected chi connectivity index (χ4v) is 0.663. The van der Waals surface area contributed by atoms with Gasteiger partial charge in [0, 0.05) is 12.4 Å². The molecule has 0 aliphatic carbocycles. The van der Waals surface area contributed by atoms with E-state index < -0.39 is 0 Å². The number of hydrogen-bond donors (Lipinski definition) is 1. The first-order valence-corrected chi connectivity index (χ1v) is 3.58. The molecule has 2 aromatic heterocycles. The van der Waals surface area contributed by atoms with Gasteiger partial charge in [-0.2, -0.15) is 0 Å². The fourth-order valence-electron chi connectivity index (χ4n) is 0.663. The van der Waals surface area contributed by atoms with Gasteiger partial charge in [0.05, 0.1) is 0 Å². The Kier molecular flexibility index (Phi) is 3.88. The minimum atomic E-state index is 1.88. The van der Waals surface area contributed by atoms with Gasteiger partial charge in [-0.25, -0.2) is 0 Å². The number of H-pyrrole nitrogens is 1. The van der Waals surface area contributed by atoms with Gasteiger partial charge in [-0.15, -0.1) is 0 Å². The molecule has 0 spiro atoms. The number of nitrogens with one attached hydrogen (secondary N) is 1. The van der Waals surface area contributed by atoms with Crippen LogP contribution >= 0.6 is 0 Å². The Morgan fingerprint density at radius 1 is 0.727 bits per heavy atom. The van der Waals surface area contributed by atoms with E-state index in [1.807, 2.05) is 61.6 Å². The molecule has 0 aliphatic rings. The average Bonchev–Trinajstić information content (AvgIpc) is 2.64. The second kappa shape index (κ2) is 5.48.